The fraction of sp³-hybridized carbons (Fsp3) is 0.412. The normalized spacial score (nSPS) is 11.6. The molecule has 114 valence electrons. The lowest BCUT2D eigenvalue weighted by atomic mass is 10.1. The van der Waals surface area contributed by atoms with Gasteiger partial charge in [0.15, 0.2) is 0 Å². The number of rotatable bonds is 6. The summed E-state index contributed by atoms with van der Waals surface area (Å²) in [7, 11) is 0. The molecular weight excluding hydrogens is 285 g/mol. The summed E-state index contributed by atoms with van der Waals surface area (Å²) in [5.41, 5.74) is 2.16. The molecular formula is C17H22FNOS. The fourth-order valence-electron chi connectivity index (χ4n) is 1.89. The lowest BCUT2D eigenvalue weighted by molar-refractivity contribution is 0.319. The summed E-state index contributed by atoms with van der Waals surface area (Å²) in [5.74, 6) is 0.338. The SMILES string of the molecule is CC(C)(C)NCc1cc(F)cc(OCCc2ccsc2)c1. The molecule has 0 aliphatic rings. The van der Waals surface area contributed by atoms with Gasteiger partial charge >= 0.3 is 0 Å². The molecule has 4 heteroatoms. The van der Waals surface area contributed by atoms with Crippen LogP contribution in [-0.4, -0.2) is 12.1 Å². The van der Waals surface area contributed by atoms with Crippen molar-refractivity contribution in [3.63, 3.8) is 0 Å². The van der Waals surface area contributed by atoms with Crippen molar-refractivity contribution in [1.82, 2.24) is 5.32 Å². The Labute approximate surface area is 130 Å². The summed E-state index contributed by atoms with van der Waals surface area (Å²) in [4.78, 5) is 0. The van der Waals surface area contributed by atoms with E-state index in [9.17, 15) is 4.39 Å². The molecule has 1 N–H and O–H groups in total. The van der Waals surface area contributed by atoms with Gasteiger partial charge in [0.05, 0.1) is 6.61 Å². The maximum Gasteiger partial charge on any atom is 0.127 e. The van der Waals surface area contributed by atoms with Gasteiger partial charge in [-0.3, -0.25) is 0 Å². The van der Waals surface area contributed by atoms with Crippen molar-refractivity contribution < 1.29 is 9.13 Å². The molecule has 2 rings (SSSR count). The third-order valence-corrected chi connectivity index (χ3v) is 3.73. The molecule has 0 bridgehead atoms. The van der Waals surface area contributed by atoms with E-state index in [1.165, 1.54) is 11.6 Å². The van der Waals surface area contributed by atoms with Gasteiger partial charge in [-0.2, -0.15) is 11.3 Å². The van der Waals surface area contributed by atoms with Crippen LogP contribution < -0.4 is 10.1 Å². The second-order valence-electron chi connectivity index (χ2n) is 6.13. The zero-order chi connectivity index (χ0) is 15.3. The Morgan fingerprint density at radius 3 is 2.67 bits per heavy atom. The summed E-state index contributed by atoms with van der Waals surface area (Å²) in [5, 5.41) is 7.50. The Balaban J connectivity index is 1.91. The maximum absolute atomic E-state index is 13.6. The molecule has 0 radical (unpaired) electrons. The lowest BCUT2D eigenvalue weighted by Crippen LogP contribution is -2.35. The first-order valence-electron chi connectivity index (χ1n) is 7.11. The van der Waals surface area contributed by atoms with Crippen molar-refractivity contribution in [1.29, 1.82) is 0 Å². The summed E-state index contributed by atoms with van der Waals surface area (Å²) in [6.07, 6.45) is 0.843. The first-order chi connectivity index (χ1) is 9.92. The number of benzene rings is 1. The van der Waals surface area contributed by atoms with Crippen molar-refractivity contribution in [3.05, 3.63) is 52.0 Å². The number of ether oxygens (including phenoxy) is 1. The van der Waals surface area contributed by atoms with Crippen molar-refractivity contribution >= 4 is 11.3 Å². The van der Waals surface area contributed by atoms with Crippen LogP contribution in [0.15, 0.2) is 35.0 Å². The minimum absolute atomic E-state index is 0.00624. The molecule has 0 aliphatic carbocycles. The van der Waals surface area contributed by atoms with Crippen LogP contribution in [0, 0.1) is 5.82 Å². The number of nitrogens with one attached hydrogen (secondary N) is 1. The number of thiophene rings is 1. The molecule has 0 fully saturated rings. The average molecular weight is 307 g/mol. The highest BCUT2D eigenvalue weighted by Crippen LogP contribution is 2.18. The van der Waals surface area contributed by atoms with Crippen LogP contribution in [0.2, 0.25) is 0 Å². The minimum atomic E-state index is -0.256. The number of hydrogen-bond donors (Lipinski definition) is 1. The first kappa shape index (κ1) is 16.0. The van der Waals surface area contributed by atoms with Gasteiger partial charge in [-0.1, -0.05) is 0 Å². The van der Waals surface area contributed by atoms with Crippen LogP contribution >= 0.6 is 11.3 Å². The van der Waals surface area contributed by atoms with Gasteiger partial charge in [0, 0.05) is 24.6 Å². The molecule has 1 aromatic heterocycles. The fourth-order valence-corrected chi connectivity index (χ4v) is 2.60. The van der Waals surface area contributed by atoms with Gasteiger partial charge in [-0.15, -0.1) is 0 Å². The van der Waals surface area contributed by atoms with Gasteiger partial charge in [-0.05, 0) is 60.9 Å². The summed E-state index contributed by atoms with van der Waals surface area (Å²) < 4.78 is 19.3. The topological polar surface area (TPSA) is 21.3 Å². The van der Waals surface area contributed by atoms with Crippen LogP contribution in [0.1, 0.15) is 31.9 Å². The van der Waals surface area contributed by atoms with Crippen LogP contribution in [0.3, 0.4) is 0 Å². The van der Waals surface area contributed by atoms with Crippen molar-refractivity contribution in [2.45, 2.75) is 39.3 Å². The van der Waals surface area contributed by atoms with Crippen LogP contribution in [0.25, 0.3) is 0 Å². The van der Waals surface area contributed by atoms with Crippen LogP contribution in [0.5, 0.6) is 5.75 Å². The molecule has 0 amide bonds. The average Bonchev–Trinajstić information content (AvgIpc) is 2.88. The summed E-state index contributed by atoms with van der Waals surface area (Å²) in [6, 6.07) is 6.96. The molecule has 2 nitrogen and oxygen atoms in total. The standard InChI is InChI=1S/C17H22FNOS/c1-17(2,3)19-11-14-8-15(18)10-16(9-14)20-6-4-13-5-7-21-12-13/h5,7-10,12,19H,4,6,11H2,1-3H3. The molecule has 0 aliphatic heterocycles. The van der Waals surface area contributed by atoms with Crippen molar-refractivity contribution in [3.8, 4) is 5.75 Å². The van der Waals surface area contributed by atoms with E-state index in [1.807, 2.05) is 11.4 Å². The second-order valence-corrected chi connectivity index (χ2v) is 6.91. The summed E-state index contributed by atoms with van der Waals surface area (Å²) in [6.45, 7) is 7.45. The van der Waals surface area contributed by atoms with E-state index < -0.39 is 0 Å². The Kier molecular flexibility index (Phi) is 5.37. The Morgan fingerprint density at radius 1 is 1.19 bits per heavy atom. The highest BCUT2D eigenvalue weighted by atomic mass is 32.1. The van der Waals surface area contributed by atoms with Gasteiger partial charge in [0.25, 0.3) is 0 Å². The highest BCUT2D eigenvalue weighted by Gasteiger charge is 2.09. The maximum atomic E-state index is 13.6. The van der Waals surface area contributed by atoms with E-state index in [2.05, 4.69) is 37.5 Å². The Hall–Kier alpha value is -1.39. The molecule has 0 saturated heterocycles. The third-order valence-electron chi connectivity index (χ3n) is 2.99. The lowest BCUT2D eigenvalue weighted by Gasteiger charge is -2.20. The van der Waals surface area contributed by atoms with E-state index in [-0.39, 0.29) is 11.4 Å². The summed E-state index contributed by atoms with van der Waals surface area (Å²) >= 11 is 1.68. The molecule has 0 atom stereocenters. The molecule has 1 heterocycles. The van der Waals surface area contributed by atoms with Gasteiger partial charge < -0.3 is 10.1 Å². The molecule has 2 aromatic rings. The van der Waals surface area contributed by atoms with Gasteiger partial charge in [0.1, 0.15) is 11.6 Å². The van der Waals surface area contributed by atoms with E-state index in [0.29, 0.717) is 18.9 Å². The molecule has 0 saturated carbocycles. The molecule has 0 unspecified atom stereocenters. The van der Waals surface area contributed by atoms with Crippen molar-refractivity contribution in [2.75, 3.05) is 6.61 Å². The number of hydrogen-bond acceptors (Lipinski definition) is 3. The predicted molar refractivity (Wildman–Crippen MR) is 86.5 cm³/mol. The van der Waals surface area contributed by atoms with E-state index in [0.717, 1.165) is 12.0 Å². The van der Waals surface area contributed by atoms with Crippen LogP contribution in [-0.2, 0) is 13.0 Å². The Bertz CT molecular complexity index is 561. The van der Waals surface area contributed by atoms with E-state index >= 15 is 0 Å². The Morgan fingerprint density at radius 2 is 2.00 bits per heavy atom. The predicted octanol–water partition coefficient (Wildman–Crippen LogP) is 4.40. The molecule has 21 heavy (non-hydrogen) atoms. The van der Waals surface area contributed by atoms with Gasteiger partial charge in [0.2, 0.25) is 0 Å². The van der Waals surface area contributed by atoms with Gasteiger partial charge in [-0.25, -0.2) is 4.39 Å². The monoisotopic (exact) mass is 307 g/mol. The second kappa shape index (κ2) is 7.05. The van der Waals surface area contributed by atoms with E-state index in [4.69, 9.17) is 4.74 Å². The largest absolute Gasteiger partial charge is 0.493 e. The van der Waals surface area contributed by atoms with Crippen molar-refractivity contribution in [2.24, 2.45) is 0 Å². The smallest absolute Gasteiger partial charge is 0.127 e. The molecule has 1 aromatic carbocycles. The number of halogens is 1. The molecule has 0 spiro atoms. The zero-order valence-corrected chi connectivity index (χ0v) is 13.6. The minimum Gasteiger partial charge on any atom is -0.493 e. The van der Waals surface area contributed by atoms with Crippen LogP contribution in [0.4, 0.5) is 4.39 Å². The van der Waals surface area contributed by atoms with E-state index in [1.54, 1.807) is 17.4 Å². The quantitative estimate of drug-likeness (QED) is 0.854. The highest BCUT2D eigenvalue weighted by molar-refractivity contribution is 7.07. The first-order valence-corrected chi connectivity index (χ1v) is 8.05. The third kappa shape index (κ3) is 5.86. The zero-order valence-electron chi connectivity index (χ0n) is 12.8.